The largest absolute Gasteiger partial charge is 0.330 e. The SMILES string of the molecule is CN(Cc1c(F)cccc1Cl)S(=O)(=O)N1CCCC(CCN)C1. The molecule has 1 unspecified atom stereocenters. The summed E-state index contributed by atoms with van der Waals surface area (Å²) in [5, 5.41) is 0.228. The summed E-state index contributed by atoms with van der Waals surface area (Å²) in [6.07, 6.45) is 2.62. The Morgan fingerprint density at radius 2 is 2.22 bits per heavy atom. The first kappa shape index (κ1) is 18.6. The van der Waals surface area contributed by atoms with Crippen LogP contribution in [0.1, 0.15) is 24.8 Å². The summed E-state index contributed by atoms with van der Waals surface area (Å²) >= 11 is 5.98. The maximum atomic E-state index is 13.9. The topological polar surface area (TPSA) is 66.6 Å². The van der Waals surface area contributed by atoms with Crippen molar-refractivity contribution >= 4 is 21.8 Å². The third-order valence-corrected chi connectivity index (χ3v) is 6.47. The van der Waals surface area contributed by atoms with Crippen LogP contribution in [0.2, 0.25) is 5.02 Å². The minimum Gasteiger partial charge on any atom is -0.330 e. The Hall–Kier alpha value is -0.730. The van der Waals surface area contributed by atoms with E-state index in [1.165, 1.54) is 23.5 Å². The third-order valence-electron chi connectivity index (χ3n) is 4.22. The van der Waals surface area contributed by atoms with Gasteiger partial charge < -0.3 is 5.73 Å². The fraction of sp³-hybridized carbons (Fsp3) is 0.600. The highest BCUT2D eigenvalue weighted by Gasteiger charge is 2.32. The van der Waals surface area contributed by atoms with Crippen LogP contribution in [0, 0.1) is 11.7 Å². The second-order valence-electron chi connectivity index (χ2n) is 5.91. The number of rotatable bonds is 6. The first-order valence-corrected chi connectivity index (χ1v) is 9.48. The molecule has 1 aromatic carbocycles. The third kappa shape index (κ3) is 4.42. The lowest BCUT2D eigenvalue weighted by Gasteiger charge is -2.34. The van der Waals surface area contributed by atoms with E-state index in [0.29, 0.717) is 19.6 Å². The van der Waals surface area contributed by atoms with Gasteiger partial charge >= 0.3 is 0 Å². The molecular weight excluding hydrogens is 341 g/mol. The molecule has 0 aliphatic carbocycles. The monoisotopic (exact) mass is 363 g/mol. The number of benzene rings is 1. The van der Waals surface area contributed by atoms with E-state index >= 15 is 0 Å². The highest BCUT2D eigenvalue weighted by Crippen LogP contribution is 2.25. The maximum absolute atomic E-state index is 13.9. The maximum Gasteiger partial charge on any atom is 0.282 e. The molecule has 0 saturated carbocycles. The van der Waals surface area contributed by atoms with E-state index in [0.717, 1.165) is 23.6 Å². The molecule has 0 spiro atoms. The van der Waals surface area contributed by atoms with Crippen LogP contribution >= 0.6 is 11.6 Å². The van der Waals surface area contributed by atoms with E-state index in [1.807, 2.05) is 0 Å². The van der Waals surface area contributed by atoms with E-state index in [1.54, 1.807) is 6.07 Å². The molecule has 1 aliphatic rings. The van der Waals surface area contributed by atoms with Crippen molar-refractivity contribution in [3.63, 3.8) is 0 Å². The van der Waals surface area contributed by atoms with Gasteiger partial charge in [-0.1, -0.05) is 17.7 Å². The zero-order chi connectivity index (χ0) is 17.0. The number of nitrogens with two attached hydrogens (primary N) is 1. The molecule has 1 fully saturated rings. The smallest absolute Gasteiger partial charge is 0.282 e. The van der Waals surface area contributed by atoms with Gasteiger partial charge in [0.25, 0.3) is 10.2 Å². The van der Waals surface area contributed by atoms with Crippen LogP contribution in [0.3, 0.4) is 0 Å². The van der Waals surface area contributed by atoms with Crippen molar-refractivity contribution in [1.29, 1.82) is 0 Å². The van der Waals surface area contributed by atoms with Crippen molar-refractivity contribution in [2.45, 2.75) is 25.8 Å². The zero-order valence-electron chi connectivity index (χ0n) is 13.2. The second-order valence-corrected chi connectivity index (χ2v) is 8.35. The van der Waals surface area contributed by atoms with Gasteiger partial charge in [-0.05, 0) is 43.9 Å². The van der Waals surface area contributed by atoms with Crippen LogP contribution in [0.15, 0.2) is 18.2 Å². The van der Waals surface area contributed by atoms with Gasteiger partial charge in [0.2, 0.25) is 0 Å². The van der Waals surface area contributed by atoms with Crippen molar-refractivity contribution in [2.75, 3.05) is 26.7 Å². The molecule has 1 saturated heterocycles. The van der Waals surface area contributed by atoms with E-state index < -0.39 is 16.0 Å². The number of hydrogen-bond donors (Lipinski definition) is 1. The molecule has 1 aromatic rings. The lowest BCUT2D eigenvalue weighted by atomic mass is 9.96. The Bertz CT molecular complexity index is 619. The number of hydrogen-bond acceptors (Lipinski definition) is 3. The average molecular weight is 364 g/mol. The Labute approximate surface area is 142 Å². The molecule has 0 radical (unpaired) electrons. The van der Waals surface area contributed by atoms with Gasteiger partial charge in [-0.3, -0.25) is 0 Å². The highest BCUT2D eigenvalue weighted by atomic mass is 35.5. The summed E-state index contributed by atoms with van der Waals surface area (Å²) in [6.45, 7) is 1.42. The van der Waals surface area contributed by atoms with Gasteiger partial charge in [0.05, 0.1) is 0 Å². The zero-order valence-corrected chi connectivity index (χ0v) is 14.8. The summed E-state index contributed by atoms with van der Waals surface area (Å²) in [6, 6.07) is 4.33. The lowest BCUT2D eigenvalue weighted by molar-refractivity contribution is 0.243. The Morgan fingerprint density at radius 1 is 1.48 bits per heavy atom. The van der Waals surface area contributed by atoms with E-state index in [-0.39, 0.29) is 23.0 Å². The van der Waals surface area contributed by atoms with E-state index in [4.69, 9.17) is 17.3 Å². The van der Waals surface area contributed by atoms with Crippen LogP contribution in [-0.2, 0) is 16.8 Å². The molecule has 130 valence electrons. The van der Waals surface area contributed by atoms with Crippen LogP contribution in [0.5, 0.6) is 0 Å². The van der Waals surface area contributed by atoms with Gasteiger partial charge in [-0.25, -0.2) is 4.39 Å². The molecule has 23 heavy (non-hydrogen) atoms. The molecule has 2 N–H and O–H groups in total. The van der Waals surface area contributed by atoms with Crippen LogP contribution in [0.4, 0.5) is 4.39 Å². The van der Waals surface area contributed by atoms with Gasteiger partial charge in [0.1, 0.15) is 5.82 Å². The summed E-state index contributed by atoms with van der Waals surface area (Å²) < 4.78 is 41.9. The highest BCUT2D eigenvalue weighted by molar-refractivity contribution is 7.86. The van der Waals surface area contributed by atoms with E-state index in [9.17, 15) is 12.8 Å². The number of piperidine rings is 1. The summed E-state index contributed by atoms with van der Waals surface area (Å²) in [5.74, 6) is -0.215. The molecule has 8 heteroatoms. The van der Waals surface area contributed by atoms with Crippen molar-refractivity contribution < 1.29 is 12.8 Å². The first-order chi connectivity index (χ1) is 10.9. The number of halogens is 2. The van der Waals surface area contributed by atoms with Gasteiger partial charge in [-0.2, -0.15) is 17.0 Å². The molecule has 0 aromatic heterocycles. The lowest BCUT2D eigenvalue weighted by Crippen LogP contribution is -2.46. The molecule has 5 nitrogen and oxygen atoms in total. The quantitative estimate of drug-likeness (QED) is 0.842. The van der Waals surface area contributed by atoms with Gasteiger partial charge in [0.15, 0.2) is 0 Å². The number of nitrogens with zero attached hydrogens (tertiary/aromatic N) is 2. The molecule has 2 rings (SSSR count). The predicted octanol–water partition coefficient (Wildman–Crippen LogP) is 2.22. The van der Waals surface area contributed by atoms with Gasteiger partial charge in [-0.15, -0.1) is 0 Å². The fourth-order valence-corrected chi connectivity index (χ4v) is 4.56. The van der Waals surface area contributed by atoms with Gasteiger partial charge in [0, 0.05) is 37.3 Å². The van der Waals surface area contributed by atoms with E-state index in [2.05, 4.69) is 0 Å². The standard InChI is InChI=1S/C15H23ClFN3O2S/c1-19(11-13-14(16)5-2-6-15(13)17)23(21,22)20-9-3-4-12(10-20)7-8-18/h2,5-6,12H,3-4,7-11,18H2,1H3. The van der Waals surface area contributed by atoms with Crippen molar-refractivity contribution in [1.82, 2.24) is 8.61 Å². The van der Waals surface area contributed by atoms with Crippen molar-refractivity contribution in [3.8, 4) is 0 Å². The van der Waals surface area contributed by atoms with Crippen LogP contribution in [-0.4, -0.2) is 43.7 Å². The molecular formula is C15H23ClFN3O2S. The van der Waals surface area contributed by atoms with Crippen molar-refractivity contribution in [2.24, 2.45) is 11.7 Å². The average Bonchev–Trinajstić information content (AvgIpc) is 2.51. The first-order valence-electron chi connectivity index (χ1n) is 7.70. The van der Waals surface area contributed by atoms with Crippen LogP contribution in [0.25, 0.3) is 0 Å². The Kier molecular flexibility index (Phi) is 6.39. The normalized spacial score (nSPS) is 20.1. The molecule has 0 bridgehead atoms. The summed E-state index contributed by atoms with van der Waals surface area (Å²) in [7, 11) is -2.20. The molecule has 0 amide bonds. The van der Waals surface area contributed by atoms with Crippen LogP contribution < -0.4 is 5.73 Å². The summed E-state index contributed by atoms with van der Waals surface area (Å²) in [5.41, 5.74) is 5.76. The predicted molar refractivity (Wildman–Crippen MR) is 89.8 cm³/mol. The second kappa shape index (κ2) is 7.90. The Morgan fingerprint density at radius 3 is 2.87 bits per heavy atom. The Balaban J connectivity index is 2.12. The summed E-state index contributed by atoms with van der Waals surface area (Å²) in [4.78, 5) is 0. The minimum absolute atomic E-state index is 0.0914. The minimum atomic E-state index is -3.64. The fourth-order valence-electron chi connectivity index (χ4n) is 2.89. The molecule has 1 atom stereocenters. The van der Waals surface area contributed by atoms with Crippen molar-refractivity contribution in [3.05, 3.63) is 34.6 Å². The molecule has 1 aliphatic heterocycles. The molecule has 1 heterocycles.